The minimum atomic E-state index is -4.42. The molecule has 0 N–H and O–H groups in total. The molecule has 0 fully saturated rings. The van der Waals surface area contributed by atoms with Gasteiger partial charge in [0.2, 0.25) is 0 Å². The second-order valence-electron chi connectivity index (χ2n) is 4.09. The van der Waals surface area contributed by atoms with Gasteiger partial charge >= 0.3 is 11.9 Å². The first-order chi connectivity index (χ1) is 9.69. The predicted octanol–water partition coefficient (Wildman–Crippen LogP) is 0.870. The minimum Gasteiger partial charge on any atom is -0.748 e. The van der Waals surface area contributed by atoms with Crippen LogP contribution in [0.15, 0.2) is 36.4 Å². The summed E-state index contributed by atoms with van der Waals surface area (Å²) in [6.07, 6.45) is 0. The average Bonchev–Trinajstić information content (AvgIpc) is 2.37. The Balaban J connectivity index is 2.59. The molecule has 0 aliphatic heterocycles. The largest absolute Gasteiger partial charge is 0.748 e. The third-order valence-electron chi connectivity index (χ3n) is 2.22. The molecule has 0 aliphatic carbocycles. The van der Waals surface area contributed by atoms with Crippen LogP contribution in [0, 0.1) is 0 Å². The van der Waals surface area contributed by atoms with E-state index in [1.807, 2.05) is 0 Å². The zero-order valence-corrected chi connectivity index (χ0v) is 12.0. The van der Waals surface area contributed by atoms with Crippen molar-refractivity contribution in [2.45, 2.75) is 6.92 Å². The first-order valence-corrected chi connectivity index (χ1v) is 7.35. The smallest absolute Gasteiger partial charge is 0.338 e. The Morgan fingerprint density at radius 1 is 1.24 bits per heavy atom. The molecule has 1 rings (SSSR count). The second-order valence-corrected chi connectivity index (χ2v) is 5.62. The van der Waals surface area contributed by atoms with Crippen molar-refractivity contribution in [3.05, 3.63) is 42.0 Å². The molecule has 0 aromatic heterocycles. The molecule has 0 bridgehead atoms. The molecule has 114 valence electrons. The van der Waals surface area contributed by atoms with E-state index in [0.717, 1.165) is 0 Å². The van der Waals surface area contributed by atoms with Crippen LogP contribution in [0.4, 0.5) is 0 Å². The van der Waals surface area contributed by atoms with Crippen LogP contribution in [0.5, 0.6) is 5.75 Å². The summed E-state index contributed by atoms with van der Waals surface area (Å²) in [4.78, 5) is 22.8. The highest BCUT2D eigenvalue weighted by atomic mass is 32.2. The van der Waals surface area contributed by atoms with Crippen molar-refractivity contribution in [3.8, 4) is 5.75 Å². The summed E-state index contributed by atoms with van der Waals surface area (Å²) < 4.78 is 40.6. The molecule has 21 heavy (non-hydrogen) atoms. The van der Waals surface area contributed by atoms with Gasteiger partial charge in [0.05, 0.1) is 21.4 Å². The first kappa shape index (κ1) is 16.9. The zero-order valence-electron chi connectivity index (χ0n) is 11.2. The second kappa shape index (κ2) is 7.00. The number of ether oxygens (including phenoxy) is 2. The highest BCUT2D eigenvalue weighted by Crippen LogP contribution is 2.14. The van der Waals surface area contributed by atoms with Crippen LogP contribution in [0.3, 0.4) is 0 Å². The average molecular weight is 313 g/mol. The van der Waals surface area contributed by atoms with Gasteiger partial charge in [-0.25, -0.2) is 18.0 Å². The van der Waals surface area contributed by atoms with Gasteiger partial charge in [-0.3, -0.25) is 0 Å². The molecule has 0 amide bonds. The lowest BCUT2D eigenvalue weighted by molar-refractivity contribution is -0.130. The normalized spacial score (nSPS) is 10.8. The number of benzene rings is 1. The van der Waals surface area contributed by atoms with E-state index in [0.29, 0.717) is 0 Å². The van der Waals surface area contributed by atoms with Crippen molar-refractivity contribution in [2.24, 2.45) is 0 Å². The summed E-state index contributed by atoms with van der Waals surface area (Å²) in [6.45, 7) is 4.41. The van der Waals surface area contributed by atoms with Crippen LogP contribution >= 0.6 is 0 Å². The van der Waals surface area contributed by atoms with Crippen LogP contribution < -0.4 is 4.74 Å². The van der Waals surface area contributed by atoms with E-state index in [2.05, 4.69) is 11.3 Å². The van der Waals surface area contributed by atoms with E-state index in [1.165, 1.54) is 31.2 Å². The molecule has 0 unspecified atom stereocenters. The molecular weight excluding hydrogens is 300 g/mol. The van der Waals surface area contributed by atoms with Crippen LogP contribution in [0.1, 0.15) is 17.3 Å². The Bertz CT molecular complexity index is 644. The topological polar surface area (TPSA) is 110 Å². The van der Waals surface area contributed by atoms with Crippen molar-refractivity contribution in [3.63, 3.8) is 0 Å². The molecule has 0 atom stereocenters. The predicted molar refractivity (Wildman–Crippen MR) is 71.7 cm³/mol. The fraction of sp³-hybridized carbons (Fsp3) is 0.231. The van der Waals surface area contributed by atoms with Crippen LogP contribution in [-0.2, 0) is 19.6 Å². The lowest BCUT2D eigenvalue weighted by Gasteiger charge is -2.08. The number of esters is 2. The van der Waals surface area contributed by atoms with E-state index in [4.69, 9.17) is 4.74 Å². The maximum atomic E-state index is 11.5. The molecule has 0 radical (unpaired) electrons. The van der Waals surface area contributed by atoms with E-state index in [1.54, 1.807) is 0 Å². The molecule has 0 spiro atoms. The van der Waals surface area contributed by atoms with Gasteiger partial charge in [-0.15, -0.1) is 0 Å². The minimum absolute atomic E-state index is 0.133. The first-order valence-electron chi connectivity index (χ1n) is 5.77. The number of rotatable bonds is 6. The Morgan fingerprint density at radius 3 is 2.29 bits per heavy atom. The molecule has 7 nitrogen and oxygen atoms in total. The van der Waals surface area contributed by atoms with Gasteiger partial charge in [0.25, 0.3) is 0 Å². The molecule has 8 heteroatoms. The summed E-state index contributed by atoms with van der Waals surface area (Å²) in [5.74, 6) is -1.93. The van der Waals surface area contributed by atoms with Crippen molar-refractivity contribution in [1.82, 2.24) is 0 Å². The number of hydrogen-bond donors (Lipinski definition) is 0. The van der Waals surface area contributed by atoms with Crippen molar-refractivity contribution >= 4 is 22.1 Å². The highest BCUT2D eigenvalue weighted by molar-refractivity contribution is 7.85. The maximum Gasteiger partial charge on any atom is 0.338 e. The third-order valence-corrected chi connectivity index (χ3v) is 2.88. The van der Waals surface area contributed by atoms with Gasteiger partial charge < -0.3 is 14.0 Å². The SMILES string of the molecule is C=C(C)C(=O)Oc1ccc(C(=O)OCCS(=O)(=O)[O-])cc1. The van der Waals surface area contributed by atoms with Crippen LogP contribution in [0.2, 0.25) is 0 Å². The Kier molecular flexibility index (Phi) is 5.62. The summed E-state index contributed by atoms with van der Waals surface area (Å²) in [6, 6.07) is 5.44. The van der Waals surface area contributed by atoms with Crippen molar-refractivity contribution < 1.29 is 32.0 Å². The summed E-state index contributed by atoms with van der Waals surface area (Å²) >= 11 is 0. The summed E-state index contributed by atoms with van der Waals surface area (Å²) in [5, 5.41) is 0. The standard InChI is InChI=1S/C13H14O7S/c1-9(2)12(14)20-11-5-3-10(4-6-11)13(15)19-7-8-21(16,17)18/h3-6H,1,7-8H2,2H3,(H,16,17,18)/p-1. The maximum absolute atomic E-state index is 11.5. The zero-order chi connectivity index (χ0) is 16.0. The Labute approximate surface area is 121 Å². The molecule has 1 aromatic rings. The van der Waals surface area contributed by atoms with Crippen LogP contribution in [0.25, 0.3) is 0 Å². The third kappa shape index (κ3) is 6.19. The molecular formula is C13H13O7S-. The van der Waals surface area contributed by atoms with Gasteiger partial charge in [0.1, 0.15) is 12.4 Å². The van der Waals surface area contributed by atoms with E-state index in [-0.39, 0.29) is 16.9 Å². The molecule has 0 saturated heterocycles. The van der Waals surface area contributed by atoms with Gasteiger partial charge in [0.15, 0.2) is 0 Å². The number of carbonyl (C=O) groups is 2. The Hall–Kier alpha value is -2.19. The molecule has 1 aromatic carbocycles. The molecule has 0 heterocycles. The fourth-order valence-corrected chi connectivity index (χ4v) is 1.46. The highest BCUT2D eigenvalue weighted by Gasteiger charge is 2.10. The van der Waals surface area contributed by atoms with Gasteiger partial charge in [-0.1, -0.05) is 6.58 Å². The number of carbonyl (C=O) groups excluding carboxylic acids is 2. The van der Waals surface area contributed by atoms with Crippen molar-refractivity contribution in [1.29, 1.82) is 0 Å². The fourth-order valence-electron chi connectivity index (χ4n) is 1.17. The van der Waals surface area contributed by atoms with Gasteiger partial charge in [-0.2, -0.15) is 0 Å². The summed E-state index contributed by atoms with van der Waals surface area (Å²) in [7, 11) is -4.42. The van der Waals surface area contributed by atoms with Crippen molar-refractivity contribution in [2.75, 3.05) is 12.4 Å². The van der Waals surface area contributed by atoms with Gasteiger partial charge in [-0.05, 0) is 31.2 Å². The monoisotopic (exact) mass is 313 g/mol. The lowest BCUT2D eigenvalue weighted by Crippen LogP contribution is -2.15. The Morgan fingerprint density at radius 2 is 1.81 bits per heavy atom. The van der Waals surface area contributed by atoms with Crippen LogP contribution in [-0.4, -0.2) is 37.3 Å². The molecule has 0 aliphatic rings. The van der Waals surface area contributed by atoms with E-state index < -0.39 is 34.4 Å². The van der Waals surface area contributed by atoms with E-state index in [9.17, 15) is 22.6 Å². The van der Waals surface area contributed by atoms with Gasteiger partial charge in [0, 0.05) is 5.57 Å². The van der Waals surface area contributed by atoms with E-state index >= 15 is 0 Å². The number of hydrogen-bond acceptors (Lipinski definition) is 7. The molecule has 0 saturated carbocycles. The summed E-state index contributed by atoms with van der Waals surface area (Å²) in [5.41, 5.74) is 0.366. The quantitative estimate of drug-likeness (QED) is 0.331. The lowest BCUT2D eigenvalue weighted by atomic mass is 10.2.